The molecule has 0 spiro atoms. The van der Waals surface area contributed by atoms with Gasteiger partial charge in [-0.15, -0.1) is 0 Å². The summed E-state index contributed by atoms with van der Waals surface area (Å²) in [4.78, 5) is 14.0. The van der Waals surface area contributed by atoms with Gasteiger partial charge in [-0.1, -0.05) is 0 Å². The van der Waals surface area contributed by atoms with Crippen molar-refractivity contribution in [2.45, 2.75) is 25.0 Å². The number of hydrogen-bond donors (Lipinski definition) is 2. The zero-order valence-electron chi connectivity index (χ0n) is 12.5. The number of nitrogens with one attached hydrogen (secondary N) is 1. The Bertz CT molecular complexity index is 528. The third kappa shape index (κ3) is 4.22. The van der Waals surface area contributed by atoms with E-state index in [9.17, 15) is 13.6 Å². The minimum Gasteiger partial charge on any atom is -0.381 e. The molecule has 0 bridgehead atoms. The Kier molecular flexibility index (Phi) is 5.82. The SMILES string of the molecule is COC1CCN(CC(=O)Nc2ccc(F)c(F)c2)C(CN)C1. The van der Waals surface area contributed by atoms with E-state index < -0.39 is 11.6 Å². The van der Waals surface area contributed by atoms with Crippen molar-refractivity contribution in [1.82, 2.24) is 4.90 Å². The van der Waals surface area contributed by atoms with E-state index in [4.69, 9.17) is 10.5 Å². The molecular formula is C15H21F2N3O2. The van der Waals surface area contributed by atoms with Gasteiger partial charge in [-0.05, 0) is 25.0 Å². The molecule has 122 valence electrons. The molecular weight excluding hydrogens is 292 g/mol. The van der Waals surface area contributed by atoms with Crippen LogP contribution < -0.4 is 11.1 Å². The van der Waals surface area contributed by atoms with E-state index in [1.807, 2.05) is 4.90 Å². The highest BCUT2D eigenvalue weighted by molar-refractivity contribution is 5.92. The number of hydrogen-bond acceptors (Lipinski definition) is 4. The molecule has 1 heterocycles. The smallest absolute Gasteiger partial charge is 0.238 e. The van der Waals surface area contributed by atoms with Gasteiger partial charge in [-0.3, -0.25) is 9.69 Å². The lowest BCUT2D eigenvalue weighted by molar-refractivity contribution is -0.118. The first kappa shape index (κ1) is 16.8. The highest BCUT2D eigenvalue weighted by atomic mass is 19.2. The Hall–Kier alpha value is -1.57. The average Bonchev–Trinajstić information content (AvgIpc) is 2.51. The summed E-state index contributed by atoms with van der Waals surface area (Å²) in [6.45, 7) is 1.32. The van der Waals surface area contributed by atoms with Crippen LogP contribution in [0.1, 0.15) is 12.8 Å². The largest absolute Gasteiger partial charge is 0.381 e. The number of amides is 1. The van der Waals surface area contributed by atoms with Gasteiger partial charge < -0.3 is 15.8 Å². The summed E-state index contributed by atoms with van der Waals surface area (Å²) in [6, 6.07) is 3.35. The van der Waals surface area contributed by atoms with Crippen LogP contribution in [0.2, 0.25) is 0 Å². The van der Waals surface area contributed by atoms with Crippen LogP contribution in [0.4, 0.5) is 14.5 Å². The number of halogens is 2. The second kappa shape index (κ2) is 7.62. The Morgan fingerprint density at radius 3 is 2.86 bits per heavy atom. The molecule has 1 aliphatic heterocycles. The fraction of sp³-hybridized carbons (Fsp3) is 0.533. The molecule has 1 saturated heterocycles. The van der Waals surface area contributed by atoms with Gasteiger partial charge in [0.2, 0.25) is 5.91 Å². The van der Waals surface area contributed by atoms with Gasteiger partial charge in [0, 0.05) is 38.0 Å². The van der Waals surface area contributed by atoms with E-state index in [0.717, 1.165) is 25.0 Å². The first-order valence-electron chi connectivity index (χ1n) is 7.25. The van der Waals surface area contributed by atoms with Gasteiger partial charge in [0.25, 0.3) is 0 Å². The van der Waals surface area contributed by atoms with Crippen LogP contribution >= 0.6 is 0 Å². The molecule has 0 aromatic heterocycles. The maximum atomic E-state index is 13.1. The number of methoxy groups -OCH3 is 1. The number of rotatable bonds is 5. The van der Waals surface area contributed by atoms with Crippen LogP contribution in [0.15, 0.2) is 18.2 Å². The van der Waals surface area contributed by atoms with Crippen molar-refractivity contribution in [1.29, 1.82) is 0 Å². The lowest BCUT2D eigenvalue weighted by Gasteiger charge is -2.37. The predicted octanol–water partition coefficient (Wildman–Crippen LogP) is 1.34. The molecule has 3 N–H and O–H groups in total. The lowest BCUT2D eigenvalue weighted by atomic mass is 9.99. The number of anilines is 1. The second-order valence-corrected chi connectivity index (χ2v) is 5.42. The summed E-state index contributed by atoms with van der Waals surface area (Å²) in [5.74, 6) is -2.21. The maximum absolute atomic E-state index is 13.1. The van der Waals surface area contributed by atoms with Crippen molar-refractivity contribution in [3.05, 3.63) is 29.8 Å². The van der Waals surface area contributed by atoms with Gasteiger partial charge in [-0.25, -0.2) is 8.78 Å². The van der Waals surface area contributed by atoms with Gasteiger partial charge in [0.15, 0.2) is 11.6 Å². The number of piperidine rings is 1. The number of benzene rings is 1. The number of nitrogens with two attached hydrogens (primary N) is 1. The molecule has 22 heavy (non-hydrogen) atoms. The van der Waals surface area contributed by atoms with E-state index >= 15 is 0 Å². The zero-order valence-corrected chi connectivity index (χ0v) is 12.5. The zero-order chi connectivity index (χ0) is 16.1. The summed E-state index contributed by atoms with van der Waals surface area (Å²) >= 11 is 0. The van der Waals surface area contributed by atoms with Gasteiger partial charge in [0.1, 0.15) is 0 Å². The minimum absolute atomic E-state index is 0.0782. The topological polar surface area (TPSA) is 67.6 Å². The molecule has 0 aliphatic carbocycles. The number of nitrogens with zero attached hydrogens (tertiary/aromatic N) is 1. The highest BCUT2D eigenvalue weighted by Crippen LogP contribution is 2.19. The van der Waals surface area contributed by atoms with Crippen LogP contribution in [0.25, 0.3) is 0 Å². The van der Waals surface area contributed by atoms with Gasteiger partial charge in [0.05, 0.1) is 12.6 Å². The minimum atomic E-state index is -0.987. The van der Waals surface area contributed by atoms with Crippen LogP contribution in [0.5, 0.6) is 0 Å². The van der Waals surface area contributed by atoms with Crippen molar-refractivity contribution in [2.75, 3.05) is 32.1 Å². The number of carbonyl (C=O) groups is 1. The van der Waals surface area contributed by atoms with E-state index in [1.54, 1.807) is 7.11 Å². The van der Waals surface area contributed by atoms with Crippen LogP contribution in [0.3, 0.4) is 0 Å². The van der Waals surface area contributed by atoms with Crippen molar-refractivity contribution in [3.8, 4) is 0 Å². The van der Waals surface area contributed by atoms with Crippen LogP contribution in [-0.2, 0) is 9.53 Å². The molecule has 5 nitrogen and oxygen atoms in total. The highest BCUT2D eigenvalue weighted by Gasteiger charge is 2.28. The Morgan fingerprint density at radius 2 is 2.23 bits per heavy atom. The number of likely N-dealkylation sites (tertiary alicyclic amines) is 1. The predicted molar refractivity (Wildman–Crippen MR) is 79.4 cm³/mol. The lowest BCUT2D eigenvalue weighted by Crippen LogP contribution is -2.50. The summed E-state index contributed by atoms with van der Waals surface area (Å²) in [5.41, 5.74) is 5.99. The Labute approximate surface area is 128 Å². The summed E-state index contributed by atoms with van der Waals surface area (Å²) in [5, 5.41) is 2.57. The summed E-state index contributed by atoms with van der Waals surface area (Å²) < 4.78 is 31.3. The third-order valence-corrected chi connectivity index (χ3v) is 3.95. The first-order chi connectivity index (χ1) is 10.5. The molecule has 1 aliphatic rings. The van der Waals surface area contributed by atoms with E-state index in [-0.39, 0.29) is 30.3 Å². The summed E-state index contributed by atoms with van der Waals surface area (Å²) in [6.07, 6.45) is 1.79. The Balaban J connectivity index is 1.92. The third-order valence-electron chi connectivity index (χ3n) is 3.95. The van der Waals surface area contributed by atoms with E-state index in [0.29, 0.717) is 13.1 Å². The molecule has 7 heteroatoms. The Morgan fingerprint density at radius 1 is 1.45 bits per heavy atom. The second-order valence-electron chi connectivity index (χ2n) is 5.42. The fourth-order valence-electron chi connectivity index (χ4n) is 2.69. The number of carbonyl (C=O) groups excluding carboxylic acids is 1. The maximum Gasteiger partial charge on any atom is 0.238 e. The normalized spacial score (nSPS) is 22.5. The van der Waals surface area contributed by atoms with E-state index in [1.165, 1.54) is 6.07 Å². The quantitative estimate of drug-likeness (QED) is 0.861. The number of ether oxygens (including phenoxy) is 1. The first-order valence-corrected chi connectivity index (χ1v) is 7.25. The molecule has 0 radical (unpaired) electrons. The molecule has 2 rings (SSSR count). The molecule has 1 amide bonds. The van der Waals surface area contributed by atoms with Crippen molar-refractivity contribution in [2.24, 2.45) is 5.73 Å². The van der Waals surface area contributed by atoms with Gasteiger partial charge >= 0.3 is 0 Å². The monoisotopic (exact) mass is 313 g/mol. The standard InChI is InChI=1S/C15H21F2N3O2/c1-22-12-4-5-20(11(7-12)8-18)9-15(21)19-10-2-3-13(16)14(17)6-10/h2-3,6,11-12H,4-5,7-9,18H2,1H3,(H,19,21). The molecule has 1 fully saturated rings. The fourth-order valence-corrected chi connectivity index (χ4v) is 2.69. The van der Waals surface area contributed by atoms with Crippen molar-refractivity contribution in [3.63, 3.8) is 0 Å². The molecule has 0 saturated carbocycles. The summed E-state index contributed by atoms with van der Waals surface area (Å²) in [7, 11) is 1.67. The molecule has 1 aromatic rings. The molecule has 1 aromatic carbocycles. The van der Waals surface area contributed by atoms with Gasteiger partial charge in [-0.2, -0.15) is 0 Å². The van der Waals surface area contributed by atoms with Crippen molar-refractivity contribution < 1.29 is 18.3 Å². The average molecular weight is 313 g/mol. The van der Waals surface area contributed by atoms with Crippen LogP contribution in [-0.4, -0.2) is 49.7 Å². The molecule has 2 atom stereocenters. The van der Waals surface area contributed by atoms with E-state index in [2.05, 4.69) is 5.32 Å². The molecule has 2 unspecified atom stereocenters. The van der Waals surface area contributed by atoms with Crippen molar-refractivity contribution >= 4 is 11.6 Å². The van der Waals surface area contributed by atoms with Crippen LogP contribution in [0, 0.1) is 11.6 Å².